The lowest BCUT2D eigenvalue weighted by Crippen LogP contribution is -2.51. The van der Waals surface area contributed by atoms with Crippen LogP contribution in [0, 0.1) is 5.92 Å². The van der Waals surface area contributed by atoms with E-state index in [2.05, 4.69) is 5.32 Å². The van der Waals surface area contributed by atoms with Crippen LogP contribution < -0.4 is 15.8 Å². The number of rotatable bonds is 8. The Balaban J connectivity index is 2.10. The average Bonchev–Trinajstić information content (AvgIpc) is 2.85. The Morgan fingerprint density at radius 3 is 2.11 bits per heavy atom. The molecule has 0 aliphatic rings. The van der Waals surface area contributed by atoms with Gasteiger partial charge < -0.3 is 10.4 Å². The number of ketones is 1. The first kappa shape index (κ1) is 28.2. The van der Waals surface area contributed by atoms with Crippen molar-refractivity contribution < 1.29 is 32.7 Å². The van der Waals surface area contributed by atoms with Gasteiger partial charge in [0, 0.05) is 12.6 Å². The maximum atomic E-state index is 13.7. The number of hydrogen-bond donors (Lipinski definition) is 2. The van der Waals surface area contributed by atoms with Crippen molar-refractivity contribution in [3.05, 3.63) is 77.1 Å². The molecule has 2 amide bonds. The lowest BCUT2D eigenvalue weighted by Gasteiger charge is -2.24. The van der Waals surface area contributed by atoms with E-state index >= 15 is 0 Å². The quantitative estimate of drug-likeness (QED) is 0.455. The summed E-state index contributed by atoms with van der Waals surface area (Å²) in [6.07, 6.45) is -5.15. The maximum absolute atomic E-state index is 13.7. The van der Waals surface area contributed by atoms with Crippen LogP contribution in [0.5, 0.6) is 5.75 Å². The third-order valence-electron chi connectivity index (χ3n) is 5.73. The number of phenols is 1. The molecule has 0 aliphatic heterocycles. The SMILES string of the molecule is CC(=O)N(c1ccc(O)cc1)c1ccc(-c2ccccc2)n(CC(=O)NC(C(=O)C(F)(F)F)C(C)C)c1=O. The van der Waals surface area contributed by atoms with E-state index in [0.717, 1.165) is 9.47 Å². The largest absolute Gasteiger partial charge is 0.508 e. The molecule has 11 heteroatoms. The number of pyridine rings is 1. The van der Waals surface area contributed by atoms with Crippen molar-refractivity contribution >= 4 is 29.0 Å². The van der Waals surface area contributed by atoms with Crippen LogP contribution in [-0.2, 0) is 20.9 Å². The number of nitrogens with zero attached hydrogens (tertiary/aromatic N) is 2. The van der Waals surface area contributed by atoms with Gasteiger partial charge in [0.2, 0.25) is 11.8 Å². The van der Waals surface area contributed by atoms with Gasteiger partial charge >= 0.3 is 6.18 Å². The Morgan fingerprint density at radius 1 is 0.974 bits per heavy atom. The maximum Gasteiger partial charge on any atom is 0.452 e. The number of halogens is 3. The normalized spacial score (nSPS) is 12.2. The molecule has 200 valence electrons. The highest BCUT2D eigenvalue weighted by Gasteiger charge is 2.45. The molecule has 0 saturated heterocycles. The molecule has 0 bridgehead atoms. The van der Waals surface area contributed by atoms with E-state index in [4.69, 9.17) is 0 Å². The molecule has 0 aliphatic carbocycles. The Kier molecular flexibility index (Phi) is 8.39. The molecule has 38 heavy (non-hydrogen) atoms. The molecule has 0 spiro atoms. The molecule has 1 aromatic heterocycles. The van der Waals surface area contributed by atoms with Crippen LogP contribution >= 0.6 is 0 Å². The van der Waals surface area contributed by atoms with Gasteiger partial charge in [0.25, 0.3) is 11.3 Å². The number of anilines is 2. The van der Waals surface area contributed by atoms with Crippen molar-refractivity contribution in [2.24, 2.45) is 5.92 Å². The molecule has 0 saturated carbocycles. The standard InChI is InChI=1S/C27H26F3N3O5/c1-16(2)24(25(37)27(28,29)30)31-23(36)15-32-21(18-7-5-4-6-8-18)13-14-22(26(32)38)33(17(3)34)19-9-11-20(35)12-10-19/h4-14,16,24,35H,15H2,1-3H3,(H,31,36). The van der Waals surface area contributed by atoms with Crippen LogP contribution in [0.4, 0.5) is 24.5 Å². The van der Waals surface area contributed by atoms with Gasteiger partial charge in [0.1, 0.15) is 18.0 Å². The summed E-state index contributed by atoms with van der Waals surface area (Å²) in [4.78, 5) is 52.1. The van der Waals surface area contributed by atoms with Crippen LogP contribution in [0.15, 0.2) is 71.5 Å². The average molecular weight is 530 g/mol. The van der Waals surface area contributed by atoms with Gasteiger partial charge in [-0.15, -0.1) is 0 Å². The lowest BCUT2D eigenvalue weighted by atomic mass is 9.99. The molecule has 8 nitrogen and oxygen atoms in total. The van der Waals surface area contributed by atoms with Crippen molar-refractivity contribution in [2.45, 2.75) is 39.5 Å². The van der Waals surface area contributed by atoms with Crippen LogP contribution in [0.2, 0.25) is 0 Å². The molecule has 0 fully saturated rings. The fourth-order valence-electron chi connectivity index (χ4n) is 3.92. The molecule has 3 aromatic rings. The van der Waals surface area contributed by atoms with E-state index in [9.17, 15) is 37.5 Å². The molecule has 2 aromatic carbocycles. The monoisotopic (exact) mass is 529 g/mol. The van der Waals surface area contributed by atoms with E-state index < -0.39 is 47.8 Å². The zero-order valence-electron chi connectivity index (χ0n) is 20.8. The Morgan fingerprint density at radius 2 is 1.58 bits per heavy atom. The predicted octanol–water partition coefficient (Wildman–Crippen LogP) is 4.18. The number of phenolic OH excluding ortho intramolecular Hbond substituents is 1. The topological polar surface area (TPSA) is 109 Å². The van der Waals surface area contributed by atoms with E-state index in [1.165, 1.54) is 57.2 Å². The summed E-state index contributed by atoms with van der Waals surface area (Å²) in [5.74, 6) is -4.55. The number of Topliss-reactive ketones (excluding diaryl/α,β-unsaturated/α-hetero) is 1. The number of aromatic nitrogens is 1. The molecule has 1 unspecified atom stereocenters. The smallest absolute Gasteiger partial charge is 0.452 e. The summed E-state index contributed by atoms with van der Waals surface area (Å²) in [7, 11) is 0. The zero-order chi connectivity index (χ0) is 28.2. The summed E-state index contributed by atoms with van der Waals surface area (Å²) in [6.45, 7) is 3.23. The second-order valence-corrected chi connectivity index (χ2v) is 8.88. The van der Waals surface area contributed by atoms with E-state index in [1.54, 1.807) is 30.3 Å². The molecular weight excluding hydrogens is 503 g/mol. The van der Waals surface area contributed by atoms with E-state index in [0.29, 0.717) is 5.56 Å². The minimum absolute atomic E-state index is 0.0566. The highest BCUT2D eigenvalue weighted by molar-refractivity contribution is 5.99. The molecule has 1 heterocycles. The van der Waals surface area contributed by atoms with Crippen LogP contribution in [-0.4, -0.2) is 39.5 Å². The summed E-state index contributed by atoms with van der Waals surface area (Å²) in [5, 5.41) is 11.7. The van der Waals surface area contributed by atoms with Crippen LogP contribution in [0.1, 0.15) is 20.8 Å². The number of amides is 2. The van der Waals surface area contributed by atoms with Crippen LogP contribution in [0.25, 0.3) is 11.3 Å². The van der Waals surface area contributed by atoms with E-state index in [1.807, 2.05) is 0 Å². The van der Waals surface area contributed by atoms with Crippen LogP contribution in [0.3, 0.4) is 0 Å². The van der Waals surface area contributed by atoms with Crippen molar-refractivity contribution in [3.8, 4) is 17.0 Å². The minimum atomic E-state index is -5.15. The molecule has 0 radical (unpaired) electrons. The fraction of sp³-hybridized carbons (Fsp3) is 0.259. The third kappa shape index (κ3) is 6.28. The second-order valence-electron chi connectivity index (χ2n) is 8.88. The highest BCUT2D eigenvalue weighted by Crippen LogP contribution is 2.27. The van der Waals surface area contributed by atoms with Gasteiger partial charge in [-0.1, -0.05) is 44.2 Å². The number of aromatic hydroxyl groups is 1. The van der Waals surface area contributed by atoms with Gasteiger partial charge in [-0.25, -0.2) is 0 Å². The van der Waals surface area contributed by atoms with Gasteiger partial charge in [0.05, 0.1) is 11.7 Å². The lowest BCUT2D eigenvalue weighted by molar-refractivity contribution is -0.174. The first-order valence-electron chi connectivity index (χ1n) is 11.6. The summed E-state index contributed by atoms with van der Waals surface area (Å²) in [5.41, 5.74) is 0.184. The Labute approximate surface area is 216 Å². The van der Waals surface area contributed by atoms with Gasteiger partial charge in [-0.3, -0.25) is 28.6 Å². The fourth-order valence-corrected chi connectivity index (χ4v) is 3.92. The minimum Gasteiger partial charge on any atom is -0.508 e. The molecule has 2 N–H and O–H groups in total. The number of benzene rings is 2. The summed E-state index contributed by atoms with van der Waals surface area (Å²) < 4.78 is 40.3. The van der Waals surface area contributed by atoms with Gasteiger partial charge in [-0.05, 0) is 47.9 Å². The Bertz CT molecular complexity index is 1380. The summed E-state index contributed by atoms with van der Waals surface area (Å²) in [6, 6.07) is 15.1. The van der Waals surface area contributed by atoms with Crippen molar-refractivity contribution in [1.82, 2.24) is 9.88 Å². The molecule has 3 rings (SSSR count). The summed E-state index contributed by atoms with van der Waals surface area (Å²) >= 11 is 0. The third-order valence-corrected chi connectivity index (χ3v) is 5.73. The highest BCUT2D eigenvalue weighted by atomic mass is 19.4. The molecular formula is C27H26F3N3O5. The first-order chi connectivity index (χ1) is 17.8. The number of alkyl halides is 3. The Hall–Kier alpha value is -4.41. The first-order valence-corrected chi connectivity index (χ1v) is 11.6. The van der Waals surface area contributed by atoms with Gasteiger partial charge in [0.15, 0.2) is 0 Å². The van der Waals surface area contributed by atoms with E-state index in [-0.39, 0.29) is 22.8 Å². The van der Waals surface area contributed by atoms with Gasteiger partial charge in [-0.2, -0.15) is 13.2 Å². The predicted molar refractivity (Wildman–Crippen MR) is 135 cm³/mol. The van der Waals surface area contributed by atoms with Crippen molar-refractivity contribution in [2.75, 3.05) is 4.90 Å². The molecule has 1 atom stereocenters. The number of nitrogens with one attached hydrogen (secondary N) is 1. The zero-order valence-corrected chi connectivity index (χ0v) is 20.8. The number of carbonyl (C=O) groups excluding carboxylic acids is 3. The number of carbonyl (C=O) groups is 3. The van der Waals surface area contributed by atoms with Crippen molar-refractivity contribution in [1.29, 1.82) is 0 Å². The second kappa shape index (κ2) is 11.3. The van der Waals surface area contributed by atoms with Crippen molar-refractivity contribution in [3.63, 3.8) is 0 Å². The number of hydrogen-bond acceptors (Lipinski definition) is 5.